The van der Waals surface area contributed by atoms with Gasteiger partial charge in [0, 0.05) is 37.2 Å². The molecule has 1 atom stereocenters. The first-order valence-corrected chi connectivity index (χ1v) is 12.1. The lowest BCUT2D eigenvalue weighted by molar-refractivity contribution is -0.133. The molecule has 0 bridgehead atoms. The van der Waals surface area contributed by atoms with Crippen LogP contribution in [0.5, 0.6) is 5.75 Å². The molecule has 0 spiro atoms. The minimum absolute atomic E-state index is 0.0461. The molecule has 2 heterocycles. The van der Waals surface area contributed by atoms with Gasteiger partial charge < -0.3 is 14.7 Å². The number of piperidine rings is 1. The lowest BCUT2D eigenvalue weighted by Crippen LogP contribution is -2.44. The predicted octanol–water partition coefficient (Wildman–Crippen LogP) is 2.87. The zero-order valence-electron chi connectivity index (χ0n) is 19.2. The second-order valence-corrected chi connectivity index (χ2v) is 9.56. The fraction of sp³-hybridized carbons (Fsp3) is 0.444. The maximum Gasteiger partial charge on any atom is 0.255 e. The van der Waals surface area contributed by atoms with Gasteiger partial charge in [0.1, 0.15) is 18.1 Å². The van der Waals surface area contributed by atoms with E-state index in [2.05, 4.69) is 29.2 Å². The Hall–Kier alpha value is -3.03. The van der Waals surface area contributed by atoms with Crippen molar-refractivity contribution in [3.05, 3.63) is 64.7 Å². The lowest BCUT2D eigenvalue weighted by atomic mass is 9.92. The van der Waals surface area contributed by atoms with Gasteiger partial charge in [-0.1, -0.05) is 30.3 Å². The third-order valence-electron chi connectivity index (χ3n) is 7.15. The summed E-state index contributed by atoms with van der Waals surface area (Å²) in [5.41, 5.74) is 3.65. The van der Waals surface area contributed by atoms with Crippen LogP contribution in [0.1, 0.15) is 59.2 Å². The monoisotopic (exact) mass is 462 g/mol. The topological polar surface area (TPSA) is 87.2 Å². The number of aliphatic hydroxyl groups excluding tert-OH is 1. The summed E-state index contributed by atoms with van der Waals surface area (Å²) in [6.07, 6.45) is 2.17. The first-order chi connectivity index (χ1) is 16.5. The summed E-state index contributed by atoms with van der Waals surface area (Å²) in [5.74, 6) is 0.280. The van der Waals surface area contributed by atoms with E-state index < -0.39 is 6.04 Å². The molecule has 1 N–H and O–H groups in total. The van der Waals surface area contributed by atoms with E-state index in [0.29, 0.717) is 37.3 Å². The summed E-state index contributed by atoms with van der Waals surface area (Å²) in [5, 5.41) is 9.67. The van der Waals surface area contributed by atoms with Crippen LogP contribution >= 0.6 is 0 Å². The number of Topliss-reactive ketones (excluding diaryl/α,β-unsaturated/α-hetero) is 2. The van der Waals surface area contributed by atoms with Crippen LogP contribution in [0.2, 0.25) is 0 Å². The standard InChI is InChI=1S/C27H30N2O5/c30-20-10-12-28(13-11-20)15-18-4-6-19(7-5-18)17-34-26-3-1-2-22-23(26)16-29(27(22)33)24-9-8-21(31)14-25(24)32/h1-7,20,24,30H,8-17H2. The van der Waals surface area contributed by atoms with Gasteiger partial charge in [-0.25, -0.2) is 0 Å². The number of ketones is 2. The number of fused-ring (bicyclic) bond motifs is 1. The van der Waals surface area contributed by atoms with E-state index in [-0.39, 0.29) is 30.0 Å². The fourth-order valence-electron chi connectivity index (χ4n) is 5.14. The highest BCUT2D eigenvalue weighted by Gasteiger charge is 2.39. The Morgan fingerprint density at radius 3 is 2.41 bits per heavy atom. The molecule has 0 radical (unpaired) electrons. The maximum absolute atomic E-state index is 13.0. The van der Waals surface area contributed by atoms with Gasteiger partial charge in [-0.05, 0) is 42.5 Å². The van der Waals surface area contributed by atoms with Gasteiger partial charge in [0.05, 0.1) is 25.1 Å². The molecule has 34 heavy (non-hydrogen) atoms. The van der Waals surface area contributed by atoms with Gasteiger partial charge >= 0.3 is 0 Å². The molecule has 7 nitrogen and oxygen atoms in total. The van der Waals surface area contributed by atoms with Gasteiger partial charge in [-0.3, -0.25) is 19.3 Å². The van der Waals surface area contributed by atoms with Crippen molar-refractivity contribution in [1.29, 1.82) is 0 Å². The van der Waals surface area contributed by atoms with Crippen molar-refractivity contribution in [3.63, 3.8) is 0 Å². The van der Waals surface area contributed by atoms with E-state index in [0.717, 1.165) is 43.6 Å². The Labute approximate surface area is 199 Å². The molecule has 3 aliphatic rings. The molecule has 1 aliphatic carbocycles. The Bertz CT molecular complexity index is 1090. The van der Waals surface area contributed by atoms with E-state index in [1.807, 2.05) is 6.07 Å². The van der Waals surface area contributed by atoms with Gasteiger partial charge in [-0.15, -0.1) is 0 Å². The SMILES string of the molecule is O=C1CCC(N2Cc3c(OCc4ccc(CN5CCC(O)CC5)cc4)cccc3C2=O)C(=O)C1. The molecule has 1 saturated carbocycles. The summed E-state index contributed by atoms with van der Waals surface area (Å²) < 4.78 is 6.11. The summed E-state index contributed by atoms with van der Waals surface area (Å²) >= 11 is 0. The number of aliphatic hydroxyl groups is 1. The van der Waals surface area contributed by atoms with Crippen LogP contribution in [0, 0.1) is 0 Å². The molecule has 0 aromatic heterocycles. The highest BCUT2D eigenvalue weighted by molar-refractivity contribution is 6.07. The van der Waals surface area contributed by atoms with Crippen molar-refractivity contribution in [2.24, 2.45) is 0 Å². The number of rotatable bonds is 6. The Morgan fingerprint density at radius 1 is 0.941 bits per heavy atom. The van der Waals surface area contributed by atoms with E-state index >= 15 is 0 Å². The molecule has 5 rings (SSSR count). The number of hydrogen-bond donors (Lipinski definition) is 1. The Morgan fingerprint density at radius 2 is 1.68 bits per heavy atom. The molecular weight excluding hydrogens is 432 g/mol. The highest BCUT2D eigenvalue weighted by Crippen LogP contribution is 2.34. The maximum atomic E-state index is 13.0. The van der Waals surface area contributed by atoms with E-state index in [1.54, 1.807) is 17.0 Å². The molecule has 178 valence electrons. The average molecular weight is 463 g/mol. The fourth-order valence-corrected chi connectivity index (χ4v) is 5.14. The molecule has 1 saturated heterocycles. The minimum atomic E-state index is -0.527. The van der Waals surface area contributed by atoms with E-state index in [9.17, 15) is 19.5 Å². The van der Waals surface area contributed by atoms with Crippen molar-refractivity contribution in [2.45, 2.75) is 63.9 Å². The first kappa shape index (κ1) is 22.7. The first-order valence-electron chi connectivity index (χ1n) is 12.1. The summed E-state index contributed by atoms with van der Waals surface area (Å²) in [4.78, 5) is 40.9. The molecule has 1 amide bonds. The van der Waals surface area contributed by atoms with Crippen molar-refractivity contribution in [3.8, 4) is 5.75 Å². The zero-order chi connectivity index (χ0) is 23.7. The van der Waals surface area contributed by atoms with Crippen LogP contribution in [0.15, 0.2) is 42.5 Å². The third-order valence-corrected chi connectivity index (χ3v) is 7.15. The van der Waals surface area contributed by atoms with Gasteiger partial charge in [0.2, 0.25) is 0 Å². The number of carbonyl (C=O) groups excluding carboxylic acids is 3. The highest BCUT2D eigenvalue weighted by atomic mass is 16.5. The van der Waals surface area contributed by atoms with Crippen molar-refractivity contribution in [1.82, 2.24) is 9.80 Å². The van der Waals surface area contributed by atoms with Gasteiger partial charge in [0.15, 0.2) is 5.78 Å². The number of amides is 1. The molecular formula is C27H30N2O5. The van der Waals surface area contributed by atoms with Gasteiger partial charge in [0.25, 0.3) is 5.91 Å². The largest absolute Gasteiger partial charge is 0.489 e. The lowest BCUT2D eigenvalue weighted by Gasteiger charge is -2.29. The molecule has 1 unspecified atom stereocenters. The Kier molecular flexibility index (Phi) is 6.48. The second kappa shape index (κ2) is 9.68. The number of nitrogens with zero attached hydrogens (tertiary/aromatic N) is 2. The molecule has 2 aromatic carbocycles. The van der Waals surface area contributed by atoms with E-state index in [4.69, 9.17) is 4.74 Å². The number of likely N-dealkylation sites (tertiary alicyclic amines) is 1. The van der Waals surface area contributed by atoms with Crippen LogP contribution in [-0.4, -0.2) is 57.6 Å². The molecule has 7 heteroatoms. The van der Waals surface area contributed by atoms with Crippen molar-refractivity contribution >= 4 is 17.5 Å². The molecule has 2 fully saturated rings. The number of ether oxygens (including phenoxy) is 1. The number of carbonyl (C=O) groups is 3. The smallest absolute Gasteiger partial charge is 0.255 e. The van der Waals surface area contributed by atoms with Crippen LogP contribution in [-0.2, 0) is 29.3 Å². The normalized spacial score (nSPS) is 21.7. The summed E-state index contributed by atoms with van der Waals surface area (Å²) in [7, 11) is 0. The second-order valence-electron chi connectivity index (χ2n) is 9.56. The van der Waals surface area contributed by atoms with Gasteiger partial charge in [-0.2, -0.15) is 0 Å². The quantitative estimate of drug-likeness (QED) is 0.665. The van der Waals surface area contributed by atoms with E-state index in [1.165, 1.54) is 5.56 Å². The van der Waals surface area contributed by atoms with Crippen molar-refractivity contribution in [2.75, 3.05) is 13.1 Å². The molecule has 2 aromatic rings. The molecule has 2 aliphatic heterocycles. The van der Waals surface area contributed by atoms with Crippen molar-refractivity contribution < 1.29 is 24.2 Å². The predicted molar refractivity (Wildman–Crippen MR) is 125 cm³/mol. The van der Waals surface area contributed by atoms with Crippen LogP contribution in [0.3, 0.4) is 0 Å². The van der Waals surface area contributed by atoms with Crippen LogP contribution < -0.4 is 4.74 Å². The van der Waals surface area contributed by atoms with Crippen LogP contribution in [0.4, 0.5) is 0 Å². The summed E-state index contributed by atoms with van der Waals surface area (Å²) in [6, 6.07) is 13.3. The Balaban J connectivity index is 1.21. The third kappa shape index (κ3) is 4.76. The summed E-state index contributed by atoms with van der Waals surface area (Å²) in [6.45, 7) is 3.44. The minimum Gasteiger partial charge on any atom is -0.489 e. The number of benzene rings is 2. The average Bonchev–Trinajstić information content (AvgIpc) is 3.17. The zero-order valence-corrected chi connectivity index (χ0v) is 19.2. The number of hydrogen-bond acceptors (Lipinski definition) is 6. The van der Waals surface area contributed by atoms with Crippen LogP contribution in [0.25, 0.3) is 0 Å².